The van der Waals surface area contributed by atoms with Crippen LogP contribution in [-0.4, -0.2) is 30.8 Å². The van der Waals surface area contributed by atoms with E-state index in [2.05, 4.69) is 41.5 Å². The van der Waals surface area contributed by atoms with Crippen molar-refractivity contribution in [1.82, 2.24) is 4.98 Å². The fraction of sp³-hybridized carbons (Fsp3) is 0.412. The summed E-state index contributed by atoms with van der Waals surface area (Å²) in [7, 11) is -2.94. The molecule has 7 heteroatoms. The molecule has 128 valence electrons. The van der Waals surface area contributed by atoms with Gasteiger partial charge in [0, 0.05) is 23.9 Å². The lowest BCUT2D eigenvalue weighted by Gasteiger charge is -2.06. The Kier molecular flexibility index (Phi) is 5.01. The smallest absolute Gasteiger partial charge is 0.226 e. The number of benzene rings is 1. The molecule has 1 aliphatic heterocycles. The second-order valence-corrected chi connectivity index (χ2v) is 9.66. The van der Waals surface area contributed by atoms with Crippen LogP contribution >= 0.6 is 11.3 Å². The zero-order chi connectivity index (χ0) is 17.2. The molecule has 1 saturated heterocycles. The number of hydrogen-bond acceptors (Lipinski definition) is 5. The summed E-state index contributed by atoms with van der Waals surface area (Å²) in [6.45, 7) is 2.06. The van der Waals surface area contributed by atoms with E-state index in [9.17, 15) is 13.2 Å². The van der Waals surface area contributed by atoms with Crippen LogP contribution in [0.3, 0.4) is 0 Å². The second-order valence-electron chi connectivity index (χ2n) is 6.32. The molecule has 1 atom stereocenters. The van der Waals surface area contributed by atoms with E-state index in [1.807, 2.05) is 0 Å². The molecule has 5 nitrogen and oxygen atoms in total. The number of nitrogens with zero attached hydrogens (tertiary/aromatic N) is 1. The van der Waals surface area contributed by atoms with Gasteiger partial charge in [0.05, 0.1) is 11.5 Å². The maximum atomic E-state index is 12.0. The van der Waals surface area contributed by atoms with Gasteiger partial charge in [0.25, 0.3) is 0 Å². The molecule has 0 radical (unpaired) electrons. The maximum Gasteiger partial charge on any atom is 0.226 e. The molecule has 1 aliphatic rings. The molecule has 2 aromatic rings. The summed E-state index contributed by atoms with van der Waals surface area (Å²) in [5, 5.41) is 3.36. The molecule has 1 N–H and O–H groups in total. The van der Waals surface area contributed by atoms with E-state index in [4.69, 9.17) is 0 Å². The number of hydrogen-bond donors (Lipinski definition) is 1. The molecule has 0 bridgehead atoms. The van der Waals surface area contributed by atoms with Crippen LogP contribution in [-0.2, 0) is 21.1 Å². The van der Waals surface area contributed by atoms with Crippen LogP contribution in [0.25, 0.3) is 0 Å². The van der Waals surface area contributed by atoms with E-state index >= 15 is 0 Å². The number of rotatable bonds is 5. The molecule has 0 unspecified atom stereocenters. The third-order valence-electron chi connectivity index (χ3n) is 4.10. The Bertz CT molecular complexity index is 826. The number of carbonyl (C=O) groups excluding carboxylic acids is 1. The first kappa shape index (κ1) is 17.1. The maximum absolute atomic E-state index is 12.0. The molecule has 1 aromatic carbocycles. The third kappa shape index (κ3) is 4.64. The van der Waals surface area contributed by atoms with Crippen LogP contribution in [0, 0.1) is 12.8 Å². The fourth-order valence-electron chi connectivity index (χ4n) is 2.82. The highest BCUT2D eigenvalue weighted by Crippen LogP contribution is 2.24. The normalized spacial score (nSPS) is 19.3. The zero-order valence-corrected chi connectivity index (χ0v) is 15.1. The van der Waals surface area contributed by atoms with Gasteiger partial charge < -0.3 is 5.32 Å². The topological polar surface area (TPSA) is 76.1 Å². The molecule has 24 heavy (non-hydrogen) atoms. The summed E-state index contributed by atoms with van der Waals surface area (Å²) in [5.41, 5.74) is 2.43. The summed E-state index contributed by atoms with van der Waals surface area (Å²) in [4.78, 5) is 17.4. The van der Waals surface area contributed by atoms with Gasteiger partial charge in [-0.25, -0.2) is 13.4 Å². The Balaban J connectivity index is 1.54. The van der Waals surface area contributed by atoms with E-state index in [0.717, 1.165) is 11.3 Å². The fourth-order valence-corrected chi connectivity index (χ4v) is 5.54. The second kappa shape index (κ2) is 7.03. The Morgan fingerprint density at radius 2 is 2.08 bits per heavy atom. The van der Waals surface area contributed by atoms with E-state index < -0.39 is 9.84 Å². The van der Waals surface area contributed by atoms with Crippen LogP contribution in [0.2, 0.25) is 0 Å². The first-order valence-corrected chi connectivity index (χ1v) is 10.5. The summed E-state index contributed by atoms with van der Waals surface area (Å²) in [6.07, 6.45) is 3.38. The van der Waals surface area contributed by atoms with Crippen molar-refractivity contribution in [2.24, 2.45) is 5.92 Å². The van der Waals surface area contributed by atoms with E-state index in [1.54, 1.807) is 6.20 Å². The standard InChI is InChI=1S/C17H20N2O3S2/c1-12-2-4-13(5-3-12)8-15-10-18-17(23-15)19-16(20)9-14-6-7-24(21,22)11-14/h2-5,10,14H,6-9,11H2,1H3,(H,18,19,20)/t14-/m0/s1. The monoisotopic (exact) mass is 364 g/mol. The van der Waals surface area contributed by atoms with E-state index in [0.29, 0.717) is 11.6 Å². The molecular formula is C17H20N2O3S2. The summed E-state index contributed by atoms with van der Waals surface area (Å²) >= 11 is 1.46. The lowest BCUT2D eigenvalue weighted by Crippen LogP contribution is -2.17. The number of thiazole rings is 1. The quantitative estimate of drug-likeness (QED) is 0.885. The minimum Gasteiger partial charge on any atom is -0.302 e. The number of carbonyl (C=O) groups is 1. The molecule has 0 spiro atoms. The average Bonchev–Trinajstić information content (AvgIpc) is 3.07. The Morgan fingerprint density at radius 3 is 2.75 bits per heavy atom. The number of sulfone groups is 1. The summed E-state index contributed by atoms with van der Waals surface area (Å²) in [6, 6.07) is 8.34. The predicted molar refractivity (Wildman–Crippen MR) is 96.1 cm³/mol. The predicted octanol–water partition coefficient (Wildman–Crippen LogP) is 2.81. The van der Waals surface area contributed by atoms with Crippen LogP contribution in [0.5, 0.6) is 0 Å². The minimum absolute atomic E-state index is 0.0676. The molecule has 1 amide bonds. The first-order chi connectivity index (χ1) is 11.4. The molecule has 2 heterocycles. The van der Waals surface area contributed by atoms with Crippen LogP contribution in [0.1, 0.15) is 28.8 Å². The lowest BCUT2D eigenvalue weighted by molar-refractivity contribution is -0.116. The van der Waals surface area contributed by atoms with Crippen LogP contribution < -0.4 is 5.32 Å². The molecular weight excluding hydrogens is 344 g/mol. The highest BCUT2D eigenvalue weighted by atomic mass is 32.2. The van der Waals surface area contributed by atoms with Gasteiger partial charge in [-0.3, -0.25) is 4.79 Å². The van der Waals surface area contributed by atoms with Crippen molar-refractivity contribution < 1.29 is 13.2 Å². The molecule has 1 aromatic heterocycles. The number of amides is 1. The molecule has 3 rings (SSSR count). The van der Waals surface area contributed by atoms with Gasteiger partial charge in [0.1, 0.15) is 0 Å². The van der Waals surface area contributed by atoms with Crippen LogP contribution in [0.15, 0.2) is 30.5 Å². The van der Waals surface area contributed by atoms with Gasteiger partial charge >= 0.3 is 0 Å². The van der Waals surface area contributed by atoms with E-state index in [1.165, 1.54) is 22.5 Å². The SMILES string of the molecule is Cc1ccc(Cc2cnc(NC(=O)C[C@@H]3CCS(=O)(=O)C3)s2)cc1. The highest BCUT2D eigenvalue weighted by molar-refractivity contribution is 7.91. The van der Waals surface area contributed by atoms with Gasteiger partial charge in [-0.2, -0.15) is 0 Å². The Hall–Kier alpha value is -1.73. The van der Waals surface area contributed by atoms with Gasteiger partial charge in [-0.1, -0.05) is 29.8 Å². The van der Waals surface area contributed by atoms with Crippen molar-refractivity contribution in [3.8, 4) is 0 Å². The summed E-state index contributed by atoms with van der Waals surface area (Å²) in [5.74, 6) is 0.0928. The van der Waals surface area contributed by atoms with Crippen molar-refractivity contribution in [3.63, 3.8) is 0 Å². The van der Waals surface area contributed by atoms with Crippen molar-refractivity contribution in [3.05, 3.63) is 46.5 Å². The first-order valence-electron chi connectivity index (χ1n) is 7.90. The minimum atomic E-state index is -2.94. The number of aromatic nitrogens is 1. The largest absolute Gasteiger partial charge is 0.302 e. The van der Waals surface area contributed by atoms with Gasteiger partial charge in [-0.15, -0.1) is 11.3 Å². The van der Waals surface area contributed by atoms with Crippen molar-refractivity contribution in [2.45, 2.75) is 26.2 Å². The number of aryl methyl sites for hydroxylation is 1. The lowest BCUT2D eigenvalue weighted by atomic mass is 10.1. The Morgan fingerprint density at radius 1 is 1.33 bits per heavy atom. The van der Waals surface area contributed by atoms with Crippen molar-refractivity contribution in [1.29, 1.82) is 0 Å². The summed E-state index contributed by atoms with van der Waals surface area (Å²) < 4.78 is 22.9. The van der Waals surface area contributed by atoms with Crippen LogP contribution in [0.4, 0.5) is 5.13 Å². The van der Waals surface area contributed by atoms with Crippen molar-refractivity contribution >= 4 is 32.2 Å². The number of nitrogens with one attached hydrogen (secondary N) is 1. The van der Waals surface area contributed by atoms with Gasteiger partial charge in [0.2, 0.25) is 5.91 Å². The molecule has 1 fully saturated rings. The van der Waals surface area contributed by atoms with Crippen molar-refractivity contribution in [2.75, 3.05) is 16.8 Å². The Labute approximate surface area is 146 Å². The average molecular weight is 364 g/mol. The molecule has 0 saturated carbocycles. The highest BCUT2D eigenvalue weighted by Gasteiger charge is 2.29. The number of anilines is 1. The van der Waals surface area contributed by atoms with Gasteiger partial charge in [-0.05, 0) is 24.8 Å². The van der Waals surface area contributed by atoms with E-state index in [-0.39, 0.29) is 29.8 Å². The zero-order valence-electron chi connectivity index (χ0n) is 13.5. The van der Waals surface area contributed by atoms with Gasteiger partial charge in [0.15, 0.2) is 15.0 Å². The third-order valence-corrected chi connectivity index (χ3v) is 6.85. The molecule has 0 aliphatic carbocycles.